The molecule has 1 aliphatic carbocycles. The highest BCUT2D eigenvalue weighted by Gasteiger charge is 2.39. The van der Waals surface area contributed by atoms with Crippen molar-refractivity contribution >= 4 is 23.8 Å². The van der Waals surface area contributed by atoms with Crippen LogP contribution in [0.15, 0.2) is 0 Å². The molecule has 18 heavy (non-hydrogen) atoms. The number of carbonyl (C=O) groups is 2. The van der Waals surface area contributed by atoms with Gasteiger partial charge in [-0.3, -0.25) is 0 Å². The van der Waals surface area contributed by atoms with Crippen LogP contribution in [-0.4, -0.2) is 40.7 Å². The maximum atomic E-state index is 11.8. The Hall–Kier alpha value is -0.910. The summed E-state index contributed by atoms with van der Waals surface area (Å²) >= 11 is 1.57. The lowest BCUT2D eigenvalue weighted by molar-refractivity contribution is -0.139. The lowest BCUT2D eigenvalue weighted by Crippen LogP contribution is -2.53. The van der Waals surface area contributed by atoms with Crippen LogP contribution in [0.1, 0.15) is 33.1 Å². The summed E-state index contributed by atoms with van der Waals surface area (Å²) in [5.41, 5.74) is -0.257. The molecule has 1 aliphatic rings. The van der Waals surface area contributed by atoms with Gasteiger partial charge < -0.3 is 15.7 Å². The Morgan fingerprint density at radius 2 is 2.06 bits per heavy atom. The zero-order valence-corrected chi connectivity index (χ0v) is 12.0. The highest BCUT2D eigenvalue weighted by atomic mass is 32.2. The lowest BCUT2D eigenvalue weighted by atomic mass is 9.99. The van der Waals surface area contributed by atoms with Crippen LogP contribution in [0.3, 0.4) is 0 Å². The minimum Gasteiger partial charge on any atom is -0.480 e. The number of hydrogen-bond donors (Lipinski definition) is 3. The van der Waals surface area contributed by atoms with Crippen molar-refractivity contribution in [1.29, 1.82) is 0 Å². The molecule has 1 rings (SSSR count). The topological polar surface area (TPSA) is 78.4 Å². The molecule has 0 radical (unpaired) electrons. The van der Waals surface area contributed by atoms with Gasteiger partial charge in [-0.05, 0) is 51.0 Å². The van der Waals surface area contributed by atoms with Crippen LogP contribution in [0.5, 0.6) is 0 Å². The summed E-state index contributed by atoms with van der Waals surface area (Å²) in [5, 5.41) is 14.4. The van der Waals surface area contributed by atoms with Crippen molar-refractivity contribution in [2.75, 3.05) is 12.0 Å². The van der Waals surface area contributed by atoms with Gasteiger partial charge in [-0.1, -0.05) is 0 Å². The van der Waals surface area contributed by atoms with Crippen LogP contribution < -0.4 is 10.6 Å². The van der Waals surface area contributed by atoms with E-state index in [-0.39, 0.29) is 11.6 Å². The maximum Gasteiger partial charge on any atom is 0.326 e. The molecule has 1 fully saturated rings. The minimum atomic E-state index is -0.983. The van der Waals surface area contributed by atoms with Gasteiger partial charge in [0.1, 0.15) is 6.04 Å². The summed E-state index contributed by atoms with van der Waals surface area (Å²) < 4.78 is 0. The minimum absolute atomic E-state index is 0.257. The highest BCUT2D eigenvalue weighted by Crippen LogP contribution is 2.39. The number of urea groups is 1. The first-order valence-electron chi connectivity index (χ1n) is 6.17. The Morgan fingerprint density at radius 3 is 2.50 bits per heavy atom. The number of thioether (sulfide) groups is 1. The van der Waals surface area contributed by atoms with Crippen LogP contribution in [0.4, 0.5) is 4.79 Å². The van der Waals surface area contributed by atoms with Crippen molar-refractivity contribution in [3.05, 3.63) is 0 Å². The molecule has 0 aromatic rings. The van der Waals surface area contributed by atoms with Crippen LogP contribution in [0, 0.1) is 5.92 Å². The second-order valence-corrected chi connectivity index (χ2v) is 6.25. The zero-order chi connectivity index (χ0) is 13.8. The summed E-state index contributed by atoms with van der Waals surface area (Å²) in [5.74, 6) is 0.240. The molecule has 0 saturated heterocycles. The summed E-state index contributed by atoms with van der Waals surface area (Å²) in [6.45, 7) is 3.95. The first-order valence-corrected chi connectivity index (χ1v) is 7.56. The van der Waals surface area contributed by atoms with Crippen molar-refractivity contribution in [3.8, 4) is 0 Å². The SMILES string of the molecule is CSCC[C@@H](NC(=O)NC(C)(C)C1CC1)C(=O)O. The highest BCUT2D eigenvalue weighted by molar-refractivity contribution is 7.98. The van der Waals surface area contributed by atoms with Crippen molar-refractivity contribution in [2.45, 2.75) is 44.7 Å². The molecular weight excluding hydrogens is 252 g/mol. The summed E-state index contributed by atoms with van der Waals surface area (Å²) in [6.07, 6.45) is 4.60. The van der Waals surface area contributed by atoms with Gasteiger partial charge in [0.25, 0.3) is 0 Å². The molecule has 0 aromatic heterocycles. The van der Waals surface area contributed by atoms with Gasteiger partial charge in [-0.2, -0.15) is 11.8 Å². The number of amides is 2. The third kappa shape index (κ3) is 4.76. The van der Waals surface area contributed by atoms with E-state index < -0.39 is 12.0 Å². The molecular formula is C12H22N2O3S. The van der Waals surface area contributed by atoms with Gasteiger partial charge in [0.2, 0.25) is 0 Å². The van der Waals surface area contributed by atoms with Crippen LogP contribution in [0.2, 0.25) is 0 Å². The molecule has 1 saturated carbocycles. The van der Waals surface area contributed by atoms with E-state index in [9.17, 15) is 9.59 Å². The number of carboxylic acid groups (broad SMARTS) is 1. The van der Waals surface area contributed by atoms with Crippen molar-refractivity contribution in [3.63, 3.8) is 0 Å². The molecule has 6 heteroatoms. The number of rotatable bonds is 7. The van der Waals surface area contributed by atoms with Crippen molar-refractivity contribution in [1.82, 2.24) is 10.6 Å². The van der Waals surface area contributed by atoms with E-state index in [0.29, 0.717) is 18.1 Å². The Labute approximate surface area is 112 Å². The molecule has 0 aromatic carbocycles. The molecule has 5 nitrogen and oxygen atoms in total. The van der Waals surface area contributed by atoms with E-state index in [1.807, 2.05) is 20.1 Å². The quantitative estimate of drug-likeness (QED) is 0.660. The third-order valence-electron chi connectivity index (χ3n) is 3.25. The average molecular weight is 274 g/mol. The summed E-state index contributed by atoms with van der Waals surface area (Å²) in [6, 6.07) is -1.20. The fraction of sp³-hybridized carbons (Fsp3) is 0.833. The molecule has 0 aliphatic heterocycles. The predicted octanol–water partition coefficient (Wildman–Crippen LogP) is 1.68. The smallest absolute Gasteiger partial charge is 0.326 e. The molecule has 104 valence electrons. The maximum absolute atomic E-state index is 11.8. The van der Waals surface area contributed by atoms with Crippen LogP contribution in [0.25, 0.3) is 0 Å². The Bertz CT molecular complexity index is 316. The number of carboxylic acids is 1. The van der Waals surface area contributed by atoms with E-state index in [1.54, 1.807) is 11.8 Å². The van der Waals surface area contributed by atoms with Gasteiger partial charge in [0.15, 0.2) is 0 Å². The van der Waals surface area contributed by atoms with Crippen molar-refractivity contribution < 1.29 is 14.7 Å². The molecule has 0 bridgehead atoms. The van der Waals surface area contributed by atoms with Crippen LogP contribution in [-0.2, 0) is 4.79 Å². The summed E-state index contributed by atoms with van der Waals surface area (Å²) in [4.78, 5) is 22.8. The van der Waals surface area contributed by atoms with Crippen LogP contribution >= 0.6 is 11.8 Å². The Morgan fingerprint density at radius 1 is 1.44 bits per heavy atom. The number of hydrogen-bond acceptors (Lipinski definition) is 3. The number of nitrogens with one attached hydrogen (secondary N) is 2. The lowest BCUT2D eigenvalue weighted by Gasteiger charge is -2.27. The molecule has 1 atom stereocenters. The molecule has 0 heterocycles. The van der Waals surface area contributed by atoms with Gasteiger partial charge in [-0.25, -0.2) is 9.59 Å². The van der Waals surface area contributed by atoms with Crippen molar-refractivity contribution in [2.24, 2.45) is 5.92 Å². The monoisotopic (exact) mass is 274 g/mol. The average Bonchev–Trinajstić information content (AvgIpc) is 3.06. The second-order valence-electron chi connectivity index (χ2n) is 5.27. The third-order valence-corrected chi connectivity index (χ3v) is 3.89. The van der Waals surface area contributed by atoms with Gasteiger partial charge >= 0.3 is 12.0 Å². The largest absolute Gasteiger partial charge is 0.480 e. The predicted molar refractivity (Wildman–Crippen MR) is 72.9 cm³/mol. The van der Waals surface area contributed by atoms with Gasteiger partial charge in [-0.15, -0.1) is 0 Å². The van der Waals surface area contributed by atoms with E-state index in [4.69, 9.17) is 5.11 Å². The number of aliphatic carboxylic acids is 1. The normalized spacial score (nSPS) is 17.1. The standard InChI is InChI=1S/C12H22N2O3S/c1-12(2,8-4-5-8)14-11(17)13-9(10(15)16)6-7-18-3/h8-9H,4-7H2,1-3H3,(H,15,16)(H2,13,14,17)/t9-/m1/s1. The Balaban J connectivity index is 2.42. The van der Waals surface area contributed by atoms with E-state index in [2.05, 4.69) is 10.6 Å². The number of carbonyl (C=O) groups excluding carboxylic acids is 1. The first kappa shape index (κ1) is 15.1. The van der Waals surface area contributed by atoms with Gasteiger partial charge in [0.05, 0.1) is 0 Å². The zero-order valence-electron chi connectivity index (χ0n) is 11.2. The Kier molecular flexibility index (Phi) is 5.31. The molecule has 3 N–H and O–H groups in total. The van der Waals surface area contributed by atoms with E-state index >= 15 is 0 Å². The van der Waals surface area contributed by atoms with E-state index in [0.717, 1.165) is 12.8 Å². The molecule has 0 spiro atoms. The van der Waals surface area contributed by atoms with E-state index in [1.165, 1.54) is 0 Å². The summed E-state index contributed by atoms with van der Waals surface area (Å²) in [7, 11) is 0. The first-order chi connectivity index (χ1) is 8.36. The fourth-order valence-electron chi connectivity index (χ4n) is 1.89. The van der Waals surface area contributed by atoms with Gasteiger partial charge in [0, 0.05) is 5.54 Å². The second kappa shape index (κ2) is 6.31. The molecule has 0 unspecified atom stereocenters. The molecule has 2 amide bonds. The fourth-order valence-corrected chi connectivity index (χ4v) is 2.36.